The second-order valence-electron chi connectivity index (χ2n) is 5.87. The van der Waals surface area contributed by atoms with E-state index in [0.717, 1.165) is 42.3 Å². The monoisotopic (exact) mass is 327 g/mol. The predicted molar refractivity (Wildman–Crippen MR) is 76.3 cm³/mol. The van der Waals surface area contributed by atoms with Crippen molar-refractivity contribution in [3.8, 4) is 0 Å². The van der Waals surface area contributed by atoms with Crippen LogP contribution in [0.5, 0.6) is 0 Å². The summed E-state index contributed by atoms with van der Waals surface area (Å²) in [6.45, 7) is 0.787. The summed E-state index contributed by atoms with van der Waals surface area (Å²) < 4.78 is 20.2. The summed E-state index contributed by atoms with van der Waals surface area (Å²) in [5.41, 5.74) is 7.34. The number of rotatable bonds is 2. The van der Waals surface area contributed by atoms with Gasteiger partial charge in [-0.15, -0.1) is 0 Å². The highest BCUT2D eigenvalue weighted by molar-refractivity contribution is 9.10. The van der Waals surface area contributed by atoms with E-state index in [-0.39, 0.29) is 17.5 Å². The first kappa shape index (κ1) is 13.5. The van der Waals surface area contributed by atoms with Crippen LogP contribution in [0.2, 0.25) is 0 Å². The molecule has 1 aromatic carbocycles. The van der Waals surface area contributed by atoms with E-state index in [0.29, 0.717) is 5.92 Å². The van der Waals surface area contributed by atoms with Crippen molar-refractivity contribution in [3.63, 3.8) is 0 Å². The average Bonchev–Trinajstić information content (AvgIpc) is 2.35. The van der Waals surface area contributed by atoms with E-state index in [2.05, 4.69) is 15.9 Å². The van der Waals surface area contributed by atoms with E-state index in [1.807, 2.05) is 6.07 Å². The van der Waals surface area contributed by atoms with Gasteiger partial charge in [0.05, 0.1) is 5.60 Å². The SMILES string of the molecule is NC(c1cc(F)cc(Br)c1)C1CCOC2(CCC2)C1. The van der Waals surface area contributed by atoms with Crippen LogP contribution in [0.1, 0.15) is 43.7 Å². The van der Waals surface area contributed by atoms with Gasteiger partial charge in [0.15, 0.2) is 0 Å². The van der Waals surface area contributed by atoms with Gasteiger partial charge in [0, 0.05) is 17.1 Å². The lowest BCUT2D eigenvalue weighted by molar-refractivity contribution is -0.146. The van der Waals surface area contributed by atoms with Crippen LogP contribution in [-0.4, -0.2) is 12.2 Å². The quantitative estimate of drug-likeness (QED) is 0.892. The minimum absolute atomic E-state index is 0.0884. The minimum atomic E-state index is -0.231. The van der Waals surface area contributed by atoms with Crippen molar-refractivity contribution in [2.45, 2.75) is 43.7 Å². The van der Waals surface area contributed by atoms with Gasteiger partial charge in [0.2, 0.25) is 0 Å². The van der Waals surface area contributed by atoms with Crippen LogP contribution in [0.25, 0.3) is 0 Å². The Bertz CT molecular complexity index is 455. The molecule has 19 heavy (non-hydrogen) atoms. The normalized spacial score (nSPS) is 27.0. The maximum atomic E-state index is 13.5. The van der Waals surface area contributed by atoms with E-state index in [4.69, 9.17) is 10.5 Å². The molecule has 1 aliphatic heterocycles. The molecule has 0 aromatic heterocycles. The number of nitrogens with two attached hydrogens (primary N) is 1. The standard InChI is InChI=1S/C15H19BrFNO/c16-12-6-11(7-13(17)8-12)14(18)10-2-5-19-15(9-10)3-1-4-15/h6-8,10,14H,1-5,9,18H2. The van der Waals surface area contributed by atoms with Gasteiger partial charge >= 0.3 is 0 Å². The zero-order chi connectivity index (χ0) is 13.5. The number of halogens is 2. The van der Waals surface area contributed by atoms with Crippen molar-refractivity contribution < 1.29 is 9.13 Å². The Labute approximate surface area is 121 Å². The fourth-order valence-corrected chi connectivity index (χ4v) is 3.81. The van der Waals surface area contributed by atoms with Crippen LogP contribution in [0, 0.1) is 11.7 Å². The first-order valence-electron chi connectivity index (χ1n) is 6.94. The molecular formula is C15H19BrFNO. The summed E-state index contributed by atoms with van der Waals surface area (Å²) in [7, 11) is 0. The molecule has 1 spiro atoms. The molecule has 0 radical (unpaired) electrons. The first-order chi connectivity index (χ1) is 9.08. The lowest BCUT2D eigenvalue weighted by Crippen LogP contribution is -2.47. The van der Waals surface area contributed by atoms with Crippen molar-refractivity contribution in [2.24, 2.45) is 11.7 Å². The van der Waals surface area contributed by atoms with E-state index < -0.39 is 0 Å². The molecule has 2 aliphatic rings. The van der Waals surface area contributed by atoms with Crippen molar-refractivity contribution in [1.82, 2.24) is 0 Å². The smallest absolute Gasteiger partial charge is 0.124 e. The summed E-state index contributed by atoms with van der Waals surface area (Å²) in [5.74, 6) is 0.160. The molecule has 1 aromatic rings. The number of ether oxygens (including phenoxy) is 1. The maximum Gasteiger partial charge on any atom is 0.124 e. The second kappa shape index (κ2) is 5.15. The number of hydrogen-bond acceptors (Lipinski definition) is 2. The Hall–Kier alpha value is -0.450. The minimum Gasteiger partial charge on any atom is -0.375 e. The van der Waals surface area contributed by atoms with E-state index in [1.165, 1.54) is 12.5 Å². The first-order valence-corrected chi connectivity index (χ1v) is 7.73. The van der Waals surface area contributed by atoms with Crippen molar-refractivity contribution >= 4 is 15.9 Å². The summed E-state index contributed by atoms with van der Waals surface area (Å²) in [6, 6.07) is 4.84. The van der Waals surface area contributed by atoms with Crippen LogP contribution in [0.15, 0.2) is 22.7 Å². The van der Waals surface area contributed by atoms with Gasteiger partial charge in [0.25, 0.3) is 0 Å². The van der Waals surface area contributed by atoms with Crippen molar-refractivity contribution in [3.05, 3.63) is 34.1 Å². The molecule has 2 atom stereocenters. The maximum absolute atomic E-state index is 13.5. The highest BCUT2D eigenvalue weighted by atomic mass is 79.9. The molecule has 1 aliphatic carbocycles. The Kier molecular flexibility index (Phi) is 3.67. The lowest BCUT2D eigenvalue weighted by Gasteiger charge is -2.48. The lowest BCUT2D eigenvalue weighted by atomic mass is 9.70. The number of hydrogen-bond donors (Lipinski definition) is 1. The highest BCUT2D eigenvalue weighted by Gasteiger charge is 2.43. The molecular weight excluding hydrogens is 309 g/mol. The molecule has 1 saturated heterocycles. The summed E-state index contributed by atoms with van der Waals surface area (Å²) in [4.78, 5) is 0. The fraction of sp³-hybridized carbons (Fsp3) is 0.600. The van der Waals surface area contributed by atoms with Gasteiger partial charge in [-0.25, -0.2) is 4.39 Å². The Morgan fingerprint density at radius 1 is 1.37 bits per heavy atom. The highest BCUT2D eigenvalue weighted by Crippen LogP contribution is 2.46. The van der Waals surface area contributed by atoms with E-state index in [9.17, 15) is 4.39 Å². The zero-order valence-electron chi connectivity index (χ0n) is 10.9. The van der Waals surface area contributed by atoms with Crippen LogP contribution >= 0.6 is 15.9 Å². The third-order valence-corrected chi connectivity index (χ3v) is 5.03. The van der Waals surface area contributed by atoms with Gasteiger partial charge in [-0.1, -0.05) is 15.9 Å². The Balaban J connectivity index is 1.77. The van der Waals surface area contributed by atoms with Crippen LogP contribution in [-0.2, 0) is 4.74 Å². The third-order valence-electron chi connectivity index (χ3n) is 4.57. The third kappa shape index (κ3) is 2.71. The van der Waals surface area contributed by atoms with Crippen LogP contribution in [0.4, 0.5) is 4.39 Å². The topological polar surface area (TPSA) is 35.2 Å². The molecule has 0 amide bonds. The molecule has 1 saturated carbocycles. The van der Waals surface area contributed by atoms with Crippen molar-refractivity contribution in [2.75, 3.05) is 6.61 Å². The van der Waals surface area contributed by atoms with Crippen LogP contribution in [0.3, 0.4) is 0 Å². The average molecular weight is 328 g/mol. The van der Waals surface area contributed by atoms with Crippen molar-refractivity contribution in [1.29, 1.82) is 0 Å². The number of benzene rings is 1. The summed E-state index contributed by atoms with van der Waals surface area (Å²) in [5, 5.41) is 0. The second-order valence-corrected chi connectivity index (χ2v) is 6.78. The van der Waals surface area contributed by atoms with E-state index >= 15 is 0 Å². The molecule has 3 rings (SSSR count). The van der Waals surface area contributed by atoms with Gasteiger partial charge in [0.1, 0.15) is 5.82 Å². The molecule has 1 heterocycles. The van der Waals surface area contributed by atoms with Gasteiger partial charge in [-0.3, -0.25) is 0 Å². The van der Waals surface area contributed by atoms with Gasteiger partial charge in [-0.2, -0.15) is 0 Å². The molecule has 0 bridgehead atoms. The summed E-state index contributed by atoms with van der Waals surface area (Å²) >= 11 is 3.33. The molecule has 2 N–H and O–H groups in total. The molecule has 2 fully saturated rings. The predicted octanol–water partition coefficient (Wildman–Crippen LogP) is 3.94. The van der Waals surface area contributed by atoms with Crippen LogP contribution < -0.4 is 5.73 Å². The zero-order valence-corrected chi connectivity index (χ0v) is 12.5. The summed E-state index contributed by atoms with van der Waals surface area (Å²) in [6.07, 6.45) is 5.55. The Morgan fingerprint density at radius 2 is 2.16 bits per heavy atom. The fourth-order valence-electron chi connectivity index (χ4n) is 3.33. The van der Waals surface area contributed by atoms with Gasteiger partial charge < -0.3 is 10.5 Å². The van der Waals surface area contributed by atoms with Gasteiger partial charge in [-0.05, 0) is 61.8 Å². The molecule has 4 heteroatoms. The molecule has 104 valence electrons. The molecule has 2 unspecified atom stereocenters. The van der Waals surface area contributed by atoms with E-state index in [1.54, 1.807) is 6.07 Å². The Morgan fingerprint density at radius 3 is 2.79 bits per heavy atom. The largest absolute Gasteiger partial charge is 0.375 e. The molecule has 2 nitrogen and oxygen atoms in total.